The van der Waals surface area contributed by atoms with Gasteiger partial charge in [0, 0.05) is 44.1 Å². The molecule has 0 spiro atoms. The van der Waals surface area contributed by atoms with E-state index in [4.69, 9.17) is 14.2 Å². The summed E-state index contributed by atoms with van der Waals surface area (Å²) in [6.07, 6.45) is 3.15. The lowest BCUT2D eigenvalue weighted by atomic mass is 9.66. The Morgan fingerprint density at radius 3 is 2.33 bits per heavy atom. The van der Waals surface area contributed by atoms with Crippen LogP contribution in [0.2, 0.25) is 0 Å². The molecule has 1 N–H and O–H groups in total. The summed E-state index contributed by atoms with van der Waals surface area (Å²) in [4.78, 5) is 39.6. The van der Waals surface area contributed by atoms with Crippen molar-refractivity contribution in [3.8, 4) is 0 Å². The van der Waals surface area contributed by atoms with Gasteiger partial charge in [0.25, 0.3) is 0 Å². The second kappa shape index (κ2) is 9.53. The lowest BCUT2D eigenvalue weighted by molar-refractivity contribution is -0.174. The molecule has 2 heterocycles. The van der Waals surface area contributed by atoms with E-state index < -0.39 is 35.6 Å². The molecule has 0 bridgehead atoms. The number of aliphatic hydroxyl groups is 1. The Hall–Kier alpha value is -1.67. The Balaban J connectivity index is 1.71. The van der Waals surface area contributed by atoms with E-state index in [0.29, 0.717) is 19.4 Å². The van der Waals surface area contributed by atoms with Crippen molar-refractivity contribution in [3.63, 3.8) is 0 Å². The predicted octanol–water partition coefficient (Wildman–Crippen LogP) is 2.31. The zero-order chi connectivity index (χ0) is 23.9. The van der Waals surface area contributed by atoms with Gasteiger partial charge >= 0.3 is 17.9 Å². The van der Waals surface area contributed by atoms with Crippen molar-refractivity contribution in [2.45, 2.75) is 90.6 Å². The van der Waals surface area contributed by atoms with Crippen LogP contribution >= 0.6 is 0 Å². The summed E-state index contributed by atoms with van der Waals surface area (Å²) in [5.74, 6) is -2.01. The predicted molar refractivity (Wildman–Crippen MR) is 119 cm³/mol. The molecule has 2 saturated carbocycles. The summed E-state index contributed by atoms with van der Waals surface area (Å²) in [6, 6.07) is 0. The van der Waals surface area contributed by atoms with Gasteiger partial charge in [-0.3, -0.25) is 14.4 Å². The first kappa shape index (κ1) is 24.5. The summed E-state index contributed by atoms with van der Waals surface area (Å²) in [7, 11) is 0. The fourth-order valence-electron chi connectivity index (χ4n) is 7.38. The largest absolute Gasteiger partial charge is 0.462 e. The number of nitrogens with zero attached hydrogens (tertiary/aromatic N) is 1. The van der Waals surface area contributed by atoms with Crippen LogP contribution in [0, 0.1) is 29.1 Å². The first-order chi connectivity index (χ1) is 15.6. The highest BCUT2D eigenvalue weighted by atomic mass is 16.6. The van der Waals surface area contributed by atoms with Crippen LogP contribution in [0.25, 0.3) is 0 Å². The Bertz CT molecular complexity index is 764. The van der Waals surface area contributed by atoms with Gasteiger partial charge in [0.1, 0.15) is 18.3 Å². The lowest BCUT2D eigenvalue weighted by Gasteiger charge is -2.44. The zero-order valence-corrected chi connectivity index (χ0v) is 20.3. The van der Waals surface area contributed by atoms with E-state index in [9.17, 15) is 19.5 Å². The van der Waals surface area contributed by atoms with Gasteiger partial charge in [-0.15, -0.1) is 0 Å². The van der Waals surface area contributed by atoms with Crippen molar-refractivity contribution in [2.75, 3.05) is 19.6 Å². The van der Waals surface area contributed by atoms with Gasteiger partial charge in [-0.05, 0) is 38.3 Å². The normalized spacial score (nSPS) is 43.6. The minimum atomic E-state index is -0.852. The number of rotatable bonds is 4. The van der Waals surface area contributed by atoms with E-state index in [1.54, 1.807) is 0 Å². The van der Waals surface area contributed by atoms with Crippen LogP contribution in [0.1, 0.15) is 66.2 Å². The highest BCUT2D eigenvalue weighted by Crippen LogP contribution is 2.59. The van der Waals surface area contributed by atoms with Crippen molar-refractivity contribution in [1.29, 1.82) is 0 Å². The summed E-state index contributed by atoms with van der Waals surface area (Å²) in [5.41, 5.74) is -0.852. The lowest BCUT2D eigenvalue weighted by Crippen LogP contribution is -2.53. The minimum Gasteiger partial charge on any atom is -0.462 e. The Morgan fingerprint density at radius 2 is 1.73 bits per heavy atom. The number of hydrogen-bond donors (Lipinski definition) is 1. The van der Waals surface area contributed by atoms with Crippen LogP contribution in [0.15, 0.2) is 0 Å². The Morgan fingerprint density at radius 1 is 1.09 bits per heavy atom. The third-order valence-corrected chi connectivity index (χ3v) is 8.70. The standard InChI is InChI=1S/C25H39NO7/c1-14-11-18-21(17(24(30)33-18)13-26-9-7-5-6-8-10-26)23(32-16(3)28)25(4)20(29)12-19(22(14)25)31-15(2)27/h14,17-23,29H,5-13H2,1-4H3/t14-,17-,18+,19+,20+,21-,22-,23+,25-/m1/s1. The molecular formula is C25H39NO7. The summed E-state index contributed by atoms with van der Waals surface area (Å²) in [5, 5.41) is 11.3. The van der Waals surface area contributed by atoms with Crippen LogP contribution < -0.4 is 0 Å². The van der Waals surface area contributed by atoms with Crippen molar-refractivity contribution in [2.24, 2.45) is 29.1 Å². The Kier molecular flexibility index (Phi) is 7.06. The van der Waals surface area contributed by atoms with E-state index in [-0.39, 0.29) is 35.8 Å². The fourth-order valence-corrected chi connectivity index (χ4v) is 7.38. The first-order valence-corrected chi connectivity index (χ1v) is 12.6. The average molecular weight is 466 g/mol. The van der Waals surface area contributed by atoms with Crippen LogP contribution in [0.5, 0.6) is 0 Å². The number of hydrogen-bond acceptors (Lipinski definition) is 8. The fraction of sp³-hybridized carbons (Fsp3) is 0.880. The van der Waals surface area contributed by atoms with Crippen molar-refractivity contribution in [1.82, 2.24) is 4.90 Å². The maximum Gasteiger partial charge on any atom is 0.311 e. The van der Waals surface area contributed by atoms with Gasteiger partial charge in [-0.25, -0.2) is 0 Å². The molecule has 0 aromatic rings. The van der Waals surface area contributed by atoms with Gasteiger partial charge in [0.05, 0.1) is 12.0 Å². The van der Waals surface area contributed by atoms with E-state index in [0.717, 1.165) is 25.9 Å². The monoisotopic (exact) mass is 465 g/mol. The second-order valence-electron chi connectivity index (χ2n) is 10.9. The SMILES string of the molecule is CC(=O)O[C@H]1C[C@H](O)[C@]2(C)[C@@H]1[C@H](C)C[C@@H]1OC(=O)[C@H](CN3CCCCCC3)[C@H]1[C@@H]2OC(C)=O. The number of carbonyl (C=O) groups is 3. The molecule has 0 radical (unpaired) electrons. The van der Waals surface area contributed by atoms with Crippen LogP contribution in [0.3, 0.4) is 0 Å². The number of fused-ring (bicyclic) bond motifs is 2. The van der Waals surface area contributed by atoms with Crippen LogP contribution in [-0.2, 0) is 28.6 Å². The molecule has 0 aromatic heterocycles. The van der Waals surface area contributed by atoms with Gasteiger partial charge < -0.3 is 24.2 Å². The number of ether oxygens (including phenoxy) is 3. The van der Waals surface area contributed by atoms with Crippen molar-refractivity contribution >= 4 is 17.9 Å². The molecule has 186 valence electrons. The van der Waals surface area contributed by atoms with Crippen LogP contribution in [-0.4, -0.2) is 72.0 Å². The third kappa shape index (κ3) is 4.53. The molecule has 0 amide bonds. The van der Waals surface area contributed by atoms with Crippen molar-refractivity contribution in [3.05, 3.63) is 0 Å². The highest BCUT2D eigenvalue weighted by Gasteiger charge is 2.67. The van der Waals surface area contributed by atoms with E-state index in [1.165, 1.54) is 26.7 Å². The molecule has 4 fully saturated rings. The molecule has 0 aromatic carbocycles. The molecule has 4 aliphatic rings. The van der Waals surface area contributed by atoms with Crippen molar-refractivity contribution < 1.29 is 33.7 Å². The molecule has 2 aliphatic heterocycles. The van der Waals surface area contributed by atoms with E-state index in [2.05, 4.69) is 11.8 Å². The molecule has 8 nitrogen and oxygen atoms in total. The van der Waals surface area contributed by atoms with Gasteiger partial charge in [-0.1, -0.05) is 26.7 Å². The average Bonchev–Trinajstić information content (AvgIpc) is 2.97. The second-order valence-corrected chi connectivity index (χ2v) is 10.9. The summed E-state index contributed by atoms with van der Waals surface area (Å²) < 4.78 is 17.6. The van der Waals surface area contributed by atoms with Gasteiger partial charge in [0.2, 0.25) is 0 Å². The molecule has 2 aliphatic carbocycles. The molecule has 4 rings (SSSR count). The molecular weight excluding hydrogens is 426 g/mol. The number of carbonyl (C=O) groups excluding carboxylic acids is 3. The van der Waals surface area contributed by atoms with E-state index >= 15 is 0 Å². The van der Waals surface area contributed by atoms with Gasteiger partial charge in [-0.2, -0.15) is 0 Å². The third-order valence-electron chi connectivity index (χ3n) is 8.70. The quantitative estimate of drug-likeness (QED) is 0.499. The number of likely N-dealkylation sites (tertiary alicyclic amines) is 1. The number of aliphatic hydroxyl groups excluding tert-OH is 1. The smallest absolute Gasteiger partial charge is 0.311 e. The summed E-state index contributed by atoms with van der Waals surface area (Å²) >= 11 is 0. The highest BCUT2D eigenvalue weighted by molar-refractivity contribution is 5.76. The molecule has 8 heteroatoms. The Labute approximate surface area is 196 Å². The maximum absolute atomic E-state index is 13.1. The molecule has 0 unspecified atom stereocenters. The zero-order valence-electron chi connectivity index (χ0n) is 20.3. The summed E-state index contributed by atoms with van der Waals surface area (Å²) in [6.45, 7) is 9.22. The number of esters is 3. The first-order valence-electron chi connectivity index (χ1n) is 12.6. The minimum absolute atomic E-state index is 0.00861. The van der Waals surface area contributed by atoms with E-state index in [1.807, 2.05) is 6.92 Å². The topological polar surface area (TPSA) is 102 Å². The maximum atomic E-state index is 13.1. The molecule has 9 atom stereocenters. The van der Waals surface area contributed by atoms with Gasteiger partial charge in [0.15, 0.2) is 0 Å². The molecule has 33 heavy (non-hydrogen) atoms. The molecule has 2 saturated heterocycles. The van der Waals surface area contributed by atoms with Crippen LogP contribution in [0.4, 0.5) is 0 Å².